The highest BCUT2D eigenvalue weighted by atomic mass is 16.3. The Balaban J connectivity index is 5.38. The first kappa shape index (κ1) is 29.3. The molecule has 0 heterocycles. The Kier molecular flexibility index (Phi) is 14.3. The summed E-state index contributed by atoms with van der Waals surface area (Å²) in [6.07, 6.45) is 14.9. The second-order valence-corrected chi connectivity index (χ2v) is 8.72. The van der Waals surface area contributed by atoms with Crippen LogP contribution in [0.25, 0.3) is 0 Å². The fraction of sp³-hybridized carbons (Fsp3) is 0.556. The summed E-state index contributed by atoms with van der Waals surface area (Å²) in [5, 5.41) is 32.8. The second-order valence-electron chi connectivity index (χ2n) is 8.72. The van der Waals surface area contributed by atoms with E-state index in [1.807, 2.05) is 0 Å². The largest absolute Gasteiger partial charge is 0.389 e. The lowest BCUT2D eigenvalue weighted by molar-refractivity contribution is -0.000407. The zero-order valence-corrected chi connectivity index (χ0v) is 19.5. The minimum atomic E-state index is -0.890. The molecule has 0 unspecified atom stereocenters. The van der Waals surface area contributed by atoms with Crippen LogP contribution in [0.4, 0.5) is 0 Å². The van der Waals surface area contributed by atoms with Gasteiger partial charge in [0.1, 0.15) is 0 Å². The van der Waals surface area contributed by atoms with Crippen LogP contribution in [0, 0.1) is 0 Å². The molecule has 0 saturated heterocycles. The molecule has 0 aliphatic carbocycles. The topological polar surface area (TPSA) is 63.9 Å². The Morgan fingerprint density at radius 3 is 0.806 bits per heavy atom. The highest BCUT2D eigenvalue weighted by Gasteiger charge is 2.29. The van der Waals surface area contributed by atoms with Gasteiger partial charge in [-0.15, -0.1) is 39.5 Å². The molecule has 0 rings (SSSR count). The quantitative estimate of drug-likeness (QED) is 0.221. The Labute approximate surface area is 190 Å². The van der Waals surface area contributed by atoms with Crippen LogP contribution in [0.1, 0.15) is 57.8 Å². The molecule has 0 aliphatic rings. The van der Waals surface area contributed by atoms with Crippen molar-refractivity contribution in [1.29, 1.82) is 0 Å². The maximum Gasteiger partial charge on any atom is 0.0728 e. The summed E-state index contributed by atoms with van der Waals surface area (Å²) in [5.41, 5.74) is -2.67. The van der Waals surface area contributed by atoms with Crippen molar-refractivity contribution in [3.05, 3.63) is 75.9 Å². The monoisotopic (exact) mass is 431 g/mol. The minimum absolute atomic E-state index is 0.487. The van der Waals surface area contributed by atoms with Crippen molar-refractivity contribution < 1.29 is 15.3 Å². The van der Waals surface area contributed by atoms with Crippen molar-refractivity contribution in [2.45, 2.75) is 74.6 Å². The summed E-state index contributed by atoms with van der Waals surface area (Å²) in [7, 11) is 0. The number of rotatable bonds is 21. The van der Waals surface area contributed by atoms with E-state index in [2.05, 4.69) is 44.4 Å². The van der Waals surface area contributed by atoms with E-state index in [9.17, 15) is 15.3 Å². The smallest absolute Gasteiger partial charge is 0.0728 e. The standard InChI is InChI=1S/C27H45NO3/c1-7-13-25(29,14-8-2)19-22-28(23-20-26(30,15-9-3)16-10-4)24-21-27(31,17-11-5)18-12-6/h7-12,29-31H,1-6,13-24H2. The third kappa shape index (κ3) is 12.0. The summed E-state index contributed by atoms with van der Waals surface area (Å²) in [4.78, 5) is 2.20. The Morgan fingerprint density at radius 2 is 0.645 bits per heavy atom. The summed E-state index contributed by atoms with van der Waals surface area (Å²) in [6.45, 7) is 24.5. The van der Waals surface area contributed by atoms with Gasteiger partial charge in [-0.05, 0) is 57.8 Å². The Morgan fingerprint density at radius 1 is 0.452 bits per heavy atom. The molecule has 0 saturated carbocycles. The van der Waals surface area contributed by atoms with Crippen molar-refractivity contribution in [2.75, 3.05) is 19.6 Å². The van der Waals surface area contributed by atoms with Gasteiger partial charge in [0.15, 0.2) is 0 Å². The lowest BCUT2D eigenvalue weighted by atomic mass is 9.89. The molecule has 0 amide bonds. The van der Waals surface area contributed by atoms with Gasteiger partial charge >= 0.3 is 0 Å². The summed E-state index contributed by atoms with van der Waals surface area (Å²) in [6, 6.07) is 0. The maximum atomic E-state index is 10.9. The first-order chi connectivity index (χ1) is 14.6. The third-order valence-corrected chi connectivity index (χ3v) is 5.83. The first-order valence-corrected chi connectivity index (χ1v) is 11.2. The molecule has 0 bridgehead atoms. The SMILES string of the molecule is C=CCC(O)(CC=C)CCN(CCC(O)(CC=C)CC=C)CCC(O)(CC=C)CC=C. The molecular formula is C27H45NO3. The van der Waals surface area contributed by atoms with E-state index in [-0.39, 0.29) is 0 Å². The Bertz CT molecular complexity index is 470. The summed E-state index contributed by atoms with van der Waals surface area (Å²) in [5.74, 6) is 0. The molecule has 0 atom stereocenters. The minimum Gasteiger partial charge on any atom is -0.389 e. The van der Waals surface area contributed by atoms with Crippen molar-refractivity contribution >= 4 is 0 Å². The van der Waals surface area contributed by atoms with Crippen LogP contribution in [0.15, 0.2) is 75.9 Å². The molecule has 0 aromatic carbocycles. The predicted molar refractivity (Wildman–Crippen MR) is 134 cm³/mol. The predicted octanol–water partition coefficient (Wildman–Crippen LogP) is 5.11. The van der Waals surface area contributed by atoms with E-state index in [4.69, 9.17) is 0 Å². The number of aliphatic hydroxyl groups is 3. The molecule has 4 nitrogen and oxygen atoms in total. The molecule has 3 N–H and O–H groups in total. The molecule has 0 aromatic heterocycles. The van der Waals surface area contributed by atoms with E-state index >= 15 is 0 Å². The fourth-order valence-electron chi connectivity index (χ4n) is 3.91. The van der Waals surface area contributed by atoms with Gasteiger partial charge in [-0.25, -0.2) is 0 Å². The number of hydrogen-bond acceptors (Lipinski definition) is 4. The van der Waals surface area contributed by atoms with Gasteiger partial charge in [-0.3, -0.25) is 0 Å². The molecule has 0 radical (unpaired) electrons. The number of hydrogen-bond donors (Lipinski definition) is 3. The lowest BCUT2D eigenvalue weighted by Crippen LogP contribution is -2.41. The van der Waals surface area contributed by atoms with Gasteiger partial charge in [0.2, 0.25) is 0 Å². The van der Waals surface area contributed by atoms with Crippen LogP contribution in [-0.2, 0) is 0 Å². The molecular weight excluding hydrogens is 386 g/mol. The van der Waals surface area contributed by atoms with Gasteiger partial charge in [0, 0.05) is 19.6 Å². The van der Waals surface area contributed by atoms with Crippen LogP contribution in [0.5, 0.6) is 0 Å². The summed E-state index contributed by atoms with van der Waals surface area (Å²) < 4.78 is 0. The first-order valence-electron chi connectivity index (χ1n) is 11.2. The van der Waals surface area contributed by atoms with E-state index in [0.29, 0.717) is 77.4 Å². The van der Waals surface area contributed by atoms with Crippen LogP contribution in [0.3, 0.4) is 0 Å². The second kappa shape index (κ2) is 15.1. The Hall–Kier alpha value is -1.72. The van der Waals surface area contributed by atoms with Gasteiger partial charge in [-0.2, -0.15) is 0 Å². The molecule has 0 spiro atoms. The van der Waals surface area contributed by atoms with Gasteiger partial charge in [0.25, 0.3) is 0 Å². The molecule has 0 aliphatic heterocycles. The summed E-state index contributed by atoms with van der Waals surface area (Å²) >= 11 is 0. The molecule has 31 heavy (non-hydrogen) atoms. The maximum absolute atomic E-state index is 10.9. The lowest BCUT2D eigenvalue weighted by Gasteiger charge is -2.35. The molecule has 0 fully saturated rings. The zero-order chi connectivity index (χ0) is 23.8. The van der Waals surface area contributed by atoms with Gasteiger partial charge in [-0.1, -0.05) is 36.5 Å². The van der Waals surface area contributed by atoms with Crippen LogP contribution >= 0.6 is 0 Å². The van der Waals surface area contributed by atoms with E-state index in [1.165, 1.54) is 0 Å². The van der Waals surface area contributed by atoms with E-state index in [1.54, 1.807) is 36.5 Å². The molecule has 0 aromatic rings. The normalized spacial score (nSPS) is 12.4. The van der Waals surface area contributed by atoms with Gasteiger partial charge < -0.3 is 20.2 Å². The van der Waals surface area contributed by atoms with Crippen molar-refractivity contribution in [1.82, 2.24) is 4.90 Å². The van der Waals surface area contributed by atoms with Crippen LogP contribution < -0.4 is 0 Å². The van der Waals surface area contributed by atoms with E-state index in [0.717, 1.165) is 0 Å². The fourth-order valence-corrected chi connectivity index (χ4v) is 3.91. The number of nitrogens with zero attached hydrogens (tertiary/aromatic N) is 1. The van der Waals surface area contributed by atoms with Gasteiger partial charge in [0.05, 0.1) is 16.8 Å². The molecule has 176 valence electrons. The molecule has 4 heteroatoms. The average Bonchev–Trinajstić information content (AvgIpc) is 2.68. The third-order valence-electron chi connectivity index (χ3n) is 5.83. The highest BCUT2D eigenvalue weighted by molar-refractivity contribution is 4.96. The van der Waals surface area contributed by atoms with Crippen molar-refractivity contribution in [3.63, 3.8) is 0 Å². The van der Waals surface area contributed by atoms with Crippen molar-refractivity contribution in [3.8, 4) is 0 Å². The van der Waals surface area contributed by atoms with Crippen LogP contribution in [-0.4, -0.2) is 56.7 Å². The van der Waals surface area contributed by atoms with Crippen molar-refractivity contribution in [2.24, 2.45) is 0 Å². The van der Waals surface area contributed by atoms with Crippen LogP contribution in [0.2, 0.25) is 0 Å². The average molecular weight is 432 g/mol. The highest BCUT2D eigenvalue weighted by Crippen LogP contribution is 2.26. The van der Waals surface area contributed by atoms with E-state index < -0.39 is 16.8 Å². The zero-order valence-electron chi connectivity index (χ0n) is 19.5.